The van der Waals surface area contributed by atoms with Crippen molar-refractivity contribution in [1.29, 1.82) is 0 Å². The van der Waals surface area contributed by atoms with Crippen LogP contribution in [0.2, 0.25) is 0 Å². The summed E-state index contributed by atoms with van der Waals surface area (Å²) in [5.41, 5.74) is 3.05. The van der Waals surface area contributed by atoms with Crippen LogP contribution in [0, 0.1) is 17.6 Å². The molecule has 0 aliphatic carbocycles. The lowest BCUT2D eigenvalue weighted by molar-refractivity contribution is 0.594. The molecule has 0 radical (unpaired) electrons. The Morgan fingerprint density at radius 3 is 2.30 bits per heavy atom. The first-order valence-electron chi connectivity index (χ1n) is 6.72. The van der Waals surface area contributed by atoms with E-state index in [4.69, 9.17) is 0 Å². The highest BCUT2D eigenvalue weighted by Crippen LogP contribution is 2.30. The molecule has 0 fully saturated rings. The second-order valence-corrected chi connectivity index (χ2v) is 5.30. The number of nitrogens with zero attached hydrogens (tertiary/aromatic N) is 1. The molecule has 20 heavy (non-hydrogen) atoms. The minimum Gasteiger partial charge on any atom is -0.207 e. The first-order chi connectivity index (χ1) is 9.54. The van der Waals surface area contributed by atoms with E-state index in [1.54, 1.807) is 12.1 Å². The molecule has 0 aromatic heterocycles. The van der Waals surface area contributed by atoms with Crippen LogP contribution < -0.4 is 0 Å². The number of hydrogen-bond donors (Lipinski definition) is 0. The molecule has 2 nitrogen and oxygen atoms in total. The number of hydrogen-bond acceptors (Lipinski definition) is 2. The van der Waals surface area contributed by atoms with Crippen LogP contribution in [0.4, 0.5) is 4.39 Å². The van der Waals surface area contributed by atoms with Crippen molar-refractivity contribution in [2.24, 2.45) is 5.18 Å². The van der Waals surface area contributed by atoms with Gasteiger partial charge in [-0.2, -0.15) is 0 Å². The third-order valence-corrected chi connectivity index (χ3v) is 3.55. The molecule has 0 aliphatic rings. The van der Waals surface area contributed by atoms with Crippen molar-refractivity contribution in [3.8, 4) is 0 Å². The zero-order valence-electron chi connectivity index (χ0n) is 11.9. The summed E-state index contributed by atoms with van der Waals surface area (Å²) in [5, 5.41) is 3.19. The number of rotatable bonds is 4. The van der Waals surface area contributed by atoms with Crippen molar-refractivity contribution >= 4 is 0 Å². The molecule has 0 saturated heterocycles. The monoisotopic (exact) mass is 271 g/mol. The zero-order chi connectivity index (χ0) is 14.7. The second kappa shape index (κ2) is 5.95. The lowest BCUT2D eigenvalue weighted by atomic mass is 9.93. The third-order valence-electron chi connectivity index (χ3n) is 3.55. The van der Waals surface area contributed by atoms with Crippen LogP contribution in [0.5, 0.6) is 0 Å². The number of aryl methyl sites for hydroxylation is 1. The average Bonchev–Trinajstić information content (AvgIpc) is 2.41. The fraction of sp³-hybridized carbons (Fsp3) is 0.294. The minimum absolute atomic E-state index is 0.116. The highest BCUT2D eigenvalue weighted by molar-refractivity contribution is 5.38. The van der Waals surface area contributed by atoms with Crippen LogP contribution >= 0.6 is 0 Å². The van der Waals surface area contributed by atoms with Crippen molar-refractivity contribution < 1.29 is 4.39 Å². The van der Waals surface area contributed by atoms with E-state index >= 15 is 0 Å². The van der Waals surface area contributed by atoms with Gasteiger partial charge in [-0.3, -0.25) is 0 Å². The Bertz CT molecular complexity index is 622. The largest absolute Gasteiger partial charge is 0.207 e. The lowest BCUT2D eigenvalue weighted by Gasteiger charge is -2.14. The van der Waals surface area contributed by atoms with Crippen LogP contribution in [-0.4, -0.2) is 0 Å². The van der Waals surface area contributed by atoms with Gasteiger partial charge in [0, 0.05) is 0 Å². The van der Waals surface area contributed by atoms with Crippen molar-refractivity contribution in [3.63, 3.8) is 0 Å². The summed E-state index contributed by atoms with van der Waals surface area (Å²) in [4.78, 5) is 11.2. The van der Waals surface area contributed by atoms with Gasteiger partial charge in [0.05, 0.1) is 0 Å². The van der Waals surface area contributed by atoms with E-state index in [0.29, 0.717) is 11.1 Å². The SMILES string of the molecule is Cc1ccccc1C(N=O)c1ccc(C(C)C)c(F)c1. The molecule has 2 rings (SSSR count). The van der Waals surface area contributed by atoms with Gasteiger partial charge in [-0.15, -0.1) is 4.91 Å². The molecule has 0 N–H and O–H groups in total. The van der Waals surface area contributed by atoms with E-state index in [1.165, 1.54) is 6.07 Å². The van der Waals surface area contributed by atoms with Crippen molar-refractivity contribution in [1.82, 2.24) is 0 Å². The lowest BCUT2D eigenvalue weighted by Crippen LogP contribution is -2.02. The average molecular weight is 271 g/mol. The molecular formula is C17H18FNO. The molecule has 0 aliphatic heterocycles. The van der Waals surface area contributed by atoms with Crippen molar-refractivity contribution in [2.45, 2.75) is 32.7 Å². The van der Waals surface area contributed by atoms with Crippen molar-refractivity contribution in [2.75, 3.05) is 0 Å². The molecule has 104 valence electrons. The topological polar surface area (TPSA) is 29.4 Å². The van der Waals surface area contributed by atoms with E-state index in [2.05, 4.69) is 5.18 Å². The standard InChI is InChI=1S/C17H18FNO/c1-11(2)14-9-8-13(10-16(14)18)17(19-20)15-7-5-4-6-12(15)3/h4-11,17H,1-3H3. The second-order valence-electron chi connectivity index (χ2n) is 5.30. The minimum atomic E-state index is -0.660. The van der Waals surface area contributed by atoms with E-state index < -0.39 is 6.04 Å². The Morgan fingerprint density at radius 1 is 1.05 bits per heavy atom. The number of halogens is 1. The smallest absolute Gasteiger partial charge is 0.142 e. The van der Waals surface area contributed by atoms with Crippen LogP contribution in [0.25, 0.3) is 0 Å². The Kier molecular flexibility index (Phi) is 4.28. The fourth-order valence-corrected chi connectivity index (χ4v) is 2.37. The fourth-order valence-electron chi connectivity index (χ4n) is 2.37. The van der Waals surface area contributed by atoms with E-state index in [1.807, 2.05) is 45.0 Å². The predicted octanol–water partition coefficient (Wildman–Crippen LogP) is 5.11. The van der Waals surface area contributed by atoms with Gasteiger partial charge < -0.3 is 0 Å². The van der Waals surface area contributed by atoms with Gasteiger partial charge in [-0.25, -0.2) is 4.39 Å². The summed E-state index contributed by atoms with van der Waals surface area (Å²) in [7, 11) is 0. The van der Waals surface area contributed by atoms with Gasteiger partial charge in [0.25, 0.3) is 0 Å². The molecule has 0 amide bonds. The summed E-state index contributed by atoms with van der Waals surface area (Å²) < 4.78 is 14.1. The first-order valence-corrected chi connectivity index (χ1v) is 6.72. The first kappa shape index (κ1) is 14.4. The summed E-state index contributed by atoms with van der Waals surface area (Å²) >= 11 is 0. The highest BCUT2D eigenvalue weighted by Gasteiger charge is 2.18. The quantitative estimate of drug-likeness (QED) is 0.710. The normalized spacial score (nSPS) is 12.4. The predicted molar refractivity (Wildman–Crippen MR) is 79.3 cm³/mol. The maximum absolute atomic E-state index is 14.1. The molecular weight excluding hydrogens is 253 g/mol. The molecule has 2 aromatic rings. The van der Waals surface area contributed by atoms with Gasteiger partial charge in [0.2, 0.25) is 0 Å². The maximum Gasteiger partial charge on any atom is 0.142 e. The zero-order valence-corrected chi connectivity index (χ0v) is 11.9. The Balaban J connectivity index is 2.46. The molecule has 3 heteroatoms. The third kappa shape index (κ3) is 2.77. The Morgan fingerprint density at radius 2 is 1.75 bits per heavy atom. The van der Waals surface area contributed by atoms with Gasteiger partial charge in [-0.1, -0.05) is 55.4 Å². The van der Waals surface area contributed by atoms with Gasteiger partial charge in [0.15, 0.2) is 0 Å². The van der Waals surface area contributed by atoms with Gasteiger partial charge >= 0.3 is 0 Å². The van der Waals surface area contributed by atoms with E-state index in [0.717, 1.165) is 11.1 Å². The van der Waals surface area contributed by atoms with Crippen molar-refractivity contribution in [3.05, 3.63) is 75.4 Å². The molecule has 1 atom stereocenters. The maximum atomic E-state index is 14.1. The van der Waals surface area contributed by atoms with Gasteiger partial charge in [0.1, 0.15) is 11.9 Å². The molecule has 0 spiro atoms. The summed E-state index contributed by atoms with van der Waals surface area (Å²) in [6.07, 6.45) is 0. The Hall–Kier alpha value is -2.03. The molecule has 0 saturated carbocycles. The van der Waals surface area contributed by atoms with Crippen LogP contribution in [-0.2, 0) is 0 Å². The number of benzene rings is 2. The molecule has 0 heterocycles. The molecule has 0 bridgehead atoms. The van der Waals surface area contributed by atoms with Gasteiger partial charge in [-0.05, 0) is 41.2 Å². The van der Waals surface area contributed by atoms with E-state index in [-0.39, 0.29) is 11.7 Å². The van der Waals surface area contributed by atoms with Crippen LogP contribution in [0.3, 0.4) is 0 Å². The number of nitroso groups, excluding NO2 is 1. The summed E-state index contributed by atoms with van der Waals surface area (Å²) in [6.45, 7) is 5.80. The van der Waals surface area contributed by atoms with Crippen LogP contribution in [0.15, 0.2) is 47.6 Å². The summed E-state index contributed by atoms with van der Waals surface area (Å²) in [6, 6.07) is 11.8. The van der Waals surface area contributed by atoms with E-state index in [9.17, 15) is 9.30 Å². The van der Waals surface area contributed by atoms with Crippen LogP contribution in [0.1, 0.15) is 48.1 Å². The Labute approximate surface area is 118 Å². The molecule has 2 aromatic carbocycles. The highest BCUT2D eigenvalue weighted by atomic mass is 19.1. The summed E-state index contributed by atoms with van der Waals surface area (Å²) in [5.74, 6) is -0.162. The molecule has 1 unspecified atom stereocenters.